The Bertz CT molecular complexity index is 896. The van der Waals surface area contributed by atoms with Crippen molar-refractivity contribution in [3.05, 3.63) is 72.1 Å². The van der Waals surface area contributed by atoms with E-state index in [1.54, 1.807) is 0 Å². The number of hydrogen-bond donors (Lipinski definition) is 1. The molecule has 0 amide bonds. The maximum absolute atomic E-state index is 5.97. The molecule has 3 aromatic rings. The van der Waals surface area contributed by atoms with E-state index in [1.165, 1.54) is 31.2 Å². The van der Waals surface area contributed by atoms with Gasteiger partial charge in [-0.2, -0.15) is 5.10 Å². The van der Waals surface area contributed by atoms with Gasteiger partial charge in [0.25, 0.3) is 0 Å². The smallest absolute Gasteiger partial charge is 0.127 e. The Balaban J connectivity index is 1.53. The van der Waals surface area contributed by atoms with Gasteiger partial charge in [0, 0.05) is 13.2 Å². The van der Waals surface area contributed by atoms with Crippen molar-refractivity contribution in [1.82, 2.24) is 9.78 Å². The van der Waals surface area contributed by atoms with Crippen molar-refractivity contribution in [2.75, 3.05) is 5.32 Å². The molecule has 0 bridgehead atoms. The van der Waals surface area contributed by atoms with Crippen molar-refractivity contribution < 1.29 is 4.74 Å². The van der Waals surface area contributed by atoms with Crippen LogP contribution in [0.15, 0.2) is 60.8 Å². The normalized spacial score (nSPS) is 15.4. The molecule has 4 nitrogen and oxygen atoms in total. The summed E-state index contributed by atoms with van der Waals surface area (Å²) in [6.07, 6.45) is 9.64. The van der Waals surface area contributed by atoms with Gasteiger partial charge in [0.15, 0.2) is 0 Å². The summed E-state index contributed by atoms with van der Waals surface area (Å²) < 4.78 is 7.88. The third kappa shape index (κ3) is 5.00. The van der Waals surface area contributed by atoms with Crippen LogP contribution in [0.25, 0.3) is 0 Å². The molecule has 1 fully saturated rings. The fourth-order valence-corrected chi connectivity index (χ4v) is 4.35. The lowest BCUT2D eigenvalue weighted by molar-refractivity contribution is 0.463. The largest absolute Gasteiger partial charge is 0.457 e. The van der Waals surface area contributed by atoms with Crippen LogP contribution in [-0.2, 0) is 13.5 Å². The predicted octanol–water partition coefficient (Wildman–Crippen LogP) is 6.51. The lowest BCUT2D eigenvalue weighted by Crippen LogP contribution is -2.15. The minimum atomic E-state index is 0.290. The summed E-state index contributed by atoms with van der Waals surface area (Å²) in [6, 6.07) is 18.8. The molecule has 152 valence electrons. The van der Waals surface area contributed by atoms with Gasteiger partial charge in [-0.05, 0) is 48.6 Å². The Kier molecular flexibility index (Phi) is 6.18. The third-order valence-corrected chi connectivity index (χ3v) is 5.88. The molecule has 1 unspecified atom stereocenters. The van der Waals surface area contributed by atoms with Crippen LogP contribution < -0.4 is 10.1 Å². The van der Waals surface area contributed by atoms with Gasteiger partial charge < -0.3 is 10.1 Å². The van der Waals surface area contributed by atoms with E-state index >= 15 is 0 Å². The Morgan fingerprint density at radius 2 is 1.72 bits per heavy atom. The lowest BCUT2D eigenvalue weighted by Gasteiger charge is -2.23. The monoisotopic (exact) mass is 389 g/mol. The summed E-state index contributed by atoms with van der Waals surface area (Å²) in [5.41, 5.74) is 3.60. The first-order valence-electron chi connectivity index (χ1n) is 10.8. The van der Waals surface area contributed by atoms with Crippen LogP contribution >= 0.6 is 0 Å². The zero-order valence-electron chi connectivity index (χ0n) is 17.5. The average Bonchev–Trinajstić information content (AvgIpc) is 3.38. The molecule has 0 saturated heterocycles. The Morgan fingerprint density at radius 1 is 1.03 bits per heavy atom. The molecule has 4 heteroatoms. The molecule has 1 aliphatic rings. The molecule has 4 rings (SSSR count). The first-order valence-corrected chi connectivity index (χ1v) is 10.8. The first kappa shape index (κ1) is 19.6. The number of benzene rings is 2. The van der Waals surface area contributed by atoms with E-state index in [2.05, 4.69) is 47.8 Å². The van der Waals surface area contributed by atoms with Gasteiger partial charge in [-0.15, -0.1) is 0 Å². The van der Waals surface area contributed by atoms with Gasteiger partial charge in [0.05, 0.1) is 17.4 Å². The number of nitrogens with zero attached hydrogens (tertiary/aromatic N) is 2. The minimum Gasteiger partial charge on any atom is -0.457 e. The summed E-state index contributed by atoms with van der Waals surface area (Å²) in [4.78, 5) is 0. The maximum Gasteiger partial charge on any atom is 0.127 e. The van der Waals surface area contributed by atoms with Gasteiger partial charge in [-0.1, -0.05) is 62.9 Å². The van der Waals surface area contributed by atoms with Crippen LogP contribution in [0.3, 0.4) is 0 Å². The van der Waals surface area contributed by atoms with Crippen LogP contribution in [0, 0.1) is 5.92 Å². The molecule has 1 N–H and O–H groups in total. The highest BCUT2D eigenvalue weighted by Crippen LogP contribution is 2.36. The summed E-state index contributed by atoms with van der Waals surface area (Å²) in [7, 11) is 1.99. The molecule has 0 aliphatic heterocycles. The zero-order valence-corrected chi connectivity index (χ0v) is 17.5. The molecule has 1 heterocycles. The lowest BCUT2D eigenvalue weighted by atomic mass is 9.93. The summed E-state index contributed by atoms with van der Waals surface area (Å²) >= 11 is 0. The SMILES string of the molecule is CCc1nn(C)cc1NC(CC1CCCC1)c1ccc(Oc2ccccc2)cc1. The van der Waals surface area contributed by atoms with Crippen LogP contribution in [0.5, 0.6) is 11.5 Å². The van der Waals surface area contributed by atoms with Crippen molar-refractivity contribution in [1.29, 1.82) is 0 Å². The van der Waals surface area contributed by atoms with Gasteiger partial charge in [-0.3, -0.25) is 4.68 Å². The Morgan fingerprint density at radius 3 is 2.41 bits per heavy atom. The molecule has 1 aliphatic carbocycles. The number of anilines is 1. The molecule has 29 heavy (non-hydrogen) atoms. The fourth-order valence-electron chi connectivity index (χ4n) is 4.35. The van der Waals surface area contributed by atoms with E-state index < -0.39 is 0 Å². The topological polar surface area (TPSA) is 39.1 Å². The van der Waals surface area contributed by atoms with E-state index in [1.807, 2.05) is 42.1 Å². The third-order valence-electron chi connectivity index (χ3n) is 5.88. The fraction of sp³-hybridized carbons (Fsp3) is 0.400. The number of aryl methyl sites for hydroxylation is 2. The average molecular weight is 390 g/mol. The van der Waals surface area contributed by atoms with E-state index in [-0.39, 0.29) is 0 Å². The number of aromatic nitrogens is 2. The summed E-state index contributed by atoms with van der Waals surface area (Å²) in [5, 5.41) is 8.41. The quantitative estimate of drug-likeness (QED) is 0.477. The van der Waals surface area contributed by atoms with Crippen LogP contribution in [-0.4, -0.2) is 9.78 Å². The van der Waals surface area contributed by atoms with Crippen molar-refractivity contribution in [2.45, 2.75) is 51.5 Å². The van der Waals surface area contributed by atoms with E-state index in [4.69, 9.17) is 4.74 Å². The number of nitrogens with one attached hydrogen (secondary N) is 1. The van der Waals surface area contributed by atoms with Gasteiger partial charge in [0.1, 0.15) is 11.5 Å². The number of hydrogen-bond acceptors (Lipinski definition) is 3. The van der Waals surface area contributed by atoms with Crippen molar-refractivity contribution in [3.63, 3.8) is 0 Å². The molecule has 0 spiro atoms. The second-order valence-electron chi connectivity index (χ2n) is 8.08. The molecular weight excluding hydrogens is 358 g/mol. The minimum absolute atomic E-state index is 0.290. The molecule has 1 aromatic heterocycles. The van der Waals surface area contributed by atoms with Crippen LogP contribution in [0.4, 0.5) is 5.69 Å². The van der Waals surface area contributed by atoms with Gasteiger partial charge in [0.2, 0.25) is 0 Å². The van der Waals surface area contributed by atoms with Crippen molar-refractivity contribution in [2.24, 2.45) is 13.0 Å². The van der Waals surface area contributed by atoms with Crippen molar-refractivity contribution in [3.8, 4) is 11.5 Å². The van der Waals surface area contributed by atoms with Crippen molar-refractivity contribution >= 4 is 5.69 Å². The highest BCUT2D eigenvalue weighted by atomic mass is 16.5. The number of para-hydroxylation sites is 1. The summed E-state index contributed by atoms with van der Waals surface area (Å²) in [5.74, 6) is 2.54. The maximum atomic E-state index is 5.97. The number of ether oxygens (including phenoxy) is 1. The standard InChI is InChI=1S/C25H31N3O/c1-3-23-25(18-28(2)27-23)26-24(17-19-9-7-8-10-19)20-13-15-22(16-14-20)29-21-11-5-4-6-12-21/h4-6,11-16,18-19,24,26H,3,7-10,17H2,1-2H3. The zero-order chi connectivity index (χ0) is 20.1. The van der Waals surface area contributed by atoms with Gasteiger partial charge >= 0.3 is 0 Å². The Hall–Kier alpha value is -2.75. The van der Waals surface area contributed by atoms with E-state index in [0.29, 0.717) is 6.04 Å². The van der Waals surface area contributed by atoms with E-state index in [0.717, 1.165) is 41.6 Å². The van der Waals surface area contributed by atoms with E-state index in [9.17, 15) is 0 Å². The number of rotatable bonds is 8. The second kappa shape index (κ2) is 9.17. The molecule has 0 radical (unpaired) electrons. The first-order chi connectivity index (χ1) is 14.2. The molecule has 1 saturated carbocycles. The van der Waals surface area contributed by atoms with Crippen LogP contribution in [0.2, 0.25) is 0 Å². The predicted molar refractivity (Wildman–Crippen MR) is 118 cm³/mol. The molecule has 2 aromatic carbocycles. The molecular formula is C25H31N3O. The Labute approximate surface area is 173 Å². The highest BCUT2D eigenvalue weighted by molar-refractivity contribution is 5.49. The van der Waals surface area contributed by atoms with Gasteiger partial charge in [-0.25, -0.2) is 0 Å². The summed E-state index contributed by atoms with van der Waals surface area (Å²) in [6.45, 7) is 2.16. The van der Waals surface area contributed by atoms with Crippen LogP contribution in [0.1, 0.15) is 56.3 Å². The highest BCUT2D eigenvalue weighted by Gasteiger charge is 2.22. The molecule has 1 atom stereocenters. The second-order valence-corrected chi connectivity index (χ2v) is 8.08.